The van der Waals surface area contributed by atoms with Crippen LogP contribution < -0.4 is 0 Å². The minimum Gasteiger partial charge on any atom is -0.465 e. The number of rotatable bonds is 5. The Kier molecular flexibility index (Phi) is 4.28. The lowest BCUT2D eigenvalue weighted by molar-refractivity contribution is -0.139. The molecule has 106 valence electrons. The highest BCUT2D eigenvalue weighted by Gasteiger charge is 2.07. The average Bonchev–Trinajstić information content (AvgIpc) is 3.24. The summed E-state index contributed by atoms with van der Waals surface area (Å²) in [5.74, 6) is 0.192. The Hall–Kier alpha value is -2.18. The molecular formula is C15H11NO3S2. The van der Waals surface area contributed by atoms with E-state index in [0.29, 0.717) is 5.76 Å². The van der Waals surface area contributed by atoms with E-state index in [-0.39, 0.29) is 6.61 Å². The van der Waals surface area contributed by atoms with Crippen molar-refractivity contribution in [2.75, 3.05) is 0 Å². The maximum atomic E-state index is 11.6. The number of hydrogen-bond acceptors (Lipinski definition) is 6. The predicted molar refractivity (Wildman–Crippen MR) is 83.0 cm³/mol. The van der Waals surface area contributed by atoms with Crippen LogP contribution in [0.4, 0.5) is 0 Å². The van der Waals surface area contributed by atoms with Crippen molar-refractivity contribution in [2.45, 2.75) is 6.61 Å². The van der Waals surface area contributed by atoms with Crippen molar-refractivity contribution in [3.05, 3.63) is 58.8 Å². The van der Waals surface area contributed by atoms with E-state index in [1.165, 1.54) is 6.08 Å². The predicted octanol–water partition coefficient (Wildman–Crippen LogP) is 4.22. The number of carbonyl (C=O) groups excluding carboxylic acids is 1. The van der Waals surface area contributed by atoms with Gasteiger partial charge in [-0.05, 0) is 29.7 Å². The molecule has 0 unspecified atom stereocenters. The van der Waals surface area contributed by atoms with Gasteiger partial charge in [-0.1, -0.05) is 6.07 Å². The summed E-state index contributed by atoms with van der Waals surface area (Å²) in [6.45, 7) is 0.170. The molecule has 3 rings (SSSR count). The fourth-order valence-electron chi connectivity index (χ4n) is 1.62. The molecule has 3 heterocycles. The van der Waals surface area contributed by atoms with Gasteiger partial charge in [0.25, 0.3) is 0 Å². The standard InChI is InChI=1S/C15H11NO3S2/c17-14(6-5-12-3-1-7-18-12)19-9-11-10-21-15(16-11)13-4-2-8-20-13/h1-8,10H,9H2. The Morgan fingerprint density at radius 1 is 1.33 bits per heavy atom. The van der Waals surface area contributed by atoms with Crippen LogP contribution in [0.15, 0.2) is 51.8 Å². The van der Waals surface area contributed by atoms with Gasteiger partial charge < -0.3 is 9.15 Å². The Bertz CT molecular complexity index is 727. The number of ether oxygens (including phenoxy) is 1. The lowest BCUT2D eigenvalue weighted by Gasteiger charge is -1.97. The molecule has 0 aliphatic carbocycles. The summed E-state index contributed by atoms with van der Waals surface area (Å²) in [6.07, 6.45) is 4.46. The second-order valence-corrected chi connectivity index (χ2v) is 5.88. The molecule has 0 aliphatic rings. The zero-order valence-corrected chi connectivity index (χ0v) is 12.5. The summed E-state index contributed by atoms with van der Waals surface area (Å²) >= 11 is 3.18. The van der Waals surface area contributed by atoms with Crippen LogP contribution in [0, 0.1) is 0 Å². The number of aromatic nitrogens is 1. The third kappa shape index (κ3) is 3.68. The molecule has 3 aromatic rings. The van der Waals surface area contributed by atoms with Gasteiger partial charge in [0.05, 0.1) is 16.8 Å². The molecule has 0 radical (unpaired) electrons. The van der Waals surface area contributed by atoms with Gasteiger partial charge in [-0.25, -0.2) is 9.78 Å². The Morgan fingerprint density at radius 2 is 2.29 bits per heavy atom. The van der Waals surface area contributed by atoms with Crippen molar-refractivity contribution in [1.29, 1.82) is 0 Å². The number of nitrogens with zero attached hydrogens (tertiary/aromatic N) is 1. The summed E-state index contributed by atoms with van der Waals surface area (Å²) in [7, 11) is 0. The molecular weight excluding hydrogens is 306 g/mol. The van der Waals surface area contributed by atoms with Crippen molar-refractivity contribution < 1.29 is 13.9 Å². The van der Waals surface area contributed by atoms with Gasteiger partial charge in [0, 0.05) is 11.5 Å². The number of esters is 1. The average molecular weight is 317 g/mol. The highest BCUT2D eigenvalue weighted by molar-refractivity contribution is 7.20. The zero-order valence-electron chi connectivity index (χ0n) is 10.9. The number of carbonyl (C=O) groups is 1. The van der Waals surface area contributed by atoms with E-state index in [2.05, 4.69) is 4.98 Å². The molecule has 6 heteroatoms. The third-order valence-electron chi connectivity index (χ3n) is 2.57. The van der Waals surface area contributed by atoms with E-state index < -0.39 is 5.97 Å². The minimum absolute atomic E-state index is 0.170. The molecule has 0 aromatic carbocycles. The maximum absolute atomic E-state index is 11.6. The molecule has 0 saturated carbocycles. The lowest BCUT2D eigenvalue weighted by Crippen LogP contribution is -2.00. The first-order valence-electron chi connectivity index (χ1n) is 6.18. The molecule has 21 heavy (non-hydrogen) atoms. The zero-order chi connectivity index (χ0) is 14.5. The first-order valence-corrected chi connectivity index (χ1v) is 7.94. The highest BCUT2D eigenvalue weighted by atomic mass is 32.1. The van der Waals surface area contributed by atoms with E-state index in [9.17, 15) is 4.79 Å². The van der Waals surface area contributed by atoms with Gasteiger partial charge in [-0.2, -0.15) is 0 Å². The van der Waals surface area contributed by atoms with Gasteiger partial charge in [-0.3, -0.25) is 0 Å². The van der Waals surface area contributed by atoms with Gasteiger partial charge in [0.15, 0.2) is 0 Å². The van der Waals surface area contributed by atoms with Crippen molar-refractivity contribution in [3.8, 4) is 9.88 Å². The molecule has 0 atom stereocenters. The van der Waals surface area contributed by atoms with E-state index in [1.54, 1.807) is 47.1 Å². The SMILES string of the molecule is O=C(C=Cc1ccco1)OCc1csc(-c2cccs2)n1. The van der Waals surface area contributed by atoms with Gasteiger partial charge in [0.2, 0.25) is 0 Å². The quantitative estimate of drug-likeness (QED) is 0.522. The summed E-state index contributed by atoms with van der Waals surface area (Å²) in [5.41, 5.74) is 0.753. The van der Waals surface area contributed by atoms with Crippen LogP contribution in [0.3, 0.4) is 0 Å². The molecule has 0 fully saturated rings. The smallest absolute Gasteiger partial charge is 0.331 e. The molecule has 0 aliphatic heterocycles. The number of hydrogen-bond donors (Lipinski definition) is 0. The van der Waals surface area contributed by atoms with E-state index >= 15 is 0 Å². The van der Waals surface area contributed by atoms with Crippen LogP contribution >= 0.6 is 22.7 Å². The van der Waals surface area contributed by atoms with Crippen LogP contribution in [-0.4, -0.2) is 11.0 Å². The second-order valence-electron chi connectivity index (χ2n) is 4.08. The largest absolute Gasteiger partial charge is 0.465 e. The second kappa shape index (κ2) is 6.51. The van der Waals surface area contributed by atoms with E-state index in [1.807, 2.05) is 22.9 Å². The summed E-state index contributed by atoms with van der Waals surface area (Å²) in [4.78, 5) is 17.1. The first-order chi connectivity index (χ1) is 10.3. The van der Waals surface area contributed by atoms with Gasteiger partial charge >= 0.3 is 5.97 Å². The van der Waals surface area contributed by atoms with Crippen LogP contribution in [0.1, 0.15) is 11.5 Å². The van der Waals surface area contributed by atoms with Gasteiger partial charge in [0.1, 0.15) is 17.4 Å². The van der Waals surface area contributed by atoms with Crippen molar-refractivity contribution >= 4 is 34.7 Å². The van der Waals surface area contributed by atoms with Crippen LogP contribution in [0.5, 0.6) is 0 Å². The Morgan fingerprint density at radius 3 is 3.05 bits per heavy atom. The molecule has 0 bridgehead atoms. The number of thiophene rings is 1. The third-order valence-corrected chi connectivity index (χ3v) is 4.50. The highest BCUT2D eigenvalue weighted by Crippen LogP contribution is 2.27. The molecule has 0 spiro atoms. The minimum atomic E-state index is -0.419. The molecule has 0 saturated heterocycles. The summed E-state index contributed by atoms with van der Waals surface area (Å²) in [6, 6.07) is 7.52. The fourth-order valence-corrected chi connectivity index (χ4v) is 3.23. The van der Waals surface area contributed by atoms with E-state index in [4.69, 9.17) is 9.15 Å². The molecule has 4 nitrogen and oxygen atoms in total. The summed E-state index contributed by atoms with van der Waals surface area (Å²) in [5, 5.41) is 4.86. The molecule has 0 amide bonds. The molecule has 0 N–H and O–H groups in total. The molecule has 3 aromatic heterocycles. The van der Waals surface area contributed by atoms with Crippen LogP contribution in [0.2, 0.25) is 0 Å². The first kappa shape index (κ1) is 13.8. The number of furan rings is 1. The van der Waals surface area contributed by atoms with Crippen molar-refractivity contribution in [3.63, 3.8) is 0 Å². The maximum Gasteiger partial charge on any atom is 0.331 e. The Labute approximate surface area is 129 Å². The normalized spacial score (nSPS) is 11.0. The Balaban J connectivity index is 1.54. The van der Waals surface area contributed by atoms with Crippen molar-refractivity contribution in [2.24, 2.45) is 0 Å². The summed E-state index contributed by atoms with van der Waals surface area (Å²) < 4.78 is 10.2. The number of thiazole rings is 1. The van der Waals surface area contributed by atoms with Crippen LogP contribution in [-0.2, 0) is 16.1 Å². The van der Waals surface area contributed by atoms with Crippen LogP contribution in [0.25, 0.3) is 16.0 Å². The lowest BCUT2D eigenvalue weighted by atomic mass is 10.4. The topological polar surface area (TPSA) is 52.3 Å². The fraction of sp³-hybridized carbons (Fsp3) is 0.0667. The van der Waals surface area contributed by atoms with Crippen molar-refractivity contribution in [1.82, 2.24) is 4.98 Å². The van der Waals surface area contributed by atoms with Gasteiger partial charge in [-0.15, -0.1) is 22.7 Å². The monoisotopic (exact) mass is 317 g/mol. The van der Waals surface area contributed by atoms with E-state index in [0.717, 1.165) is 15.6 Å².